The van der Waals surface area contributed by atoms with E-state index in [1.54, 1.807) is 0 Å². The lowest BCUT2D eigenvalue weighted by Crippen LogP contribution is -2.56. The van der Waals surface area contributed by atoms with Gasteiger partial charge in [0, 0.05) is 6.54 Å². The maximum atomic E-state index is 12.8. The van der Waals surface area contributed by atoms with Gasteiger partial charge in [-0.05, 0) is 25.2 Å². The Labute approximate surface area is 185 Å². The average Bonchev–Trinajstić information content (AvgIpc) is 2.66. The van der Waals surface area contributed by atoms with Crippen LogP contribution in [-0.4, -0.2) is 71.9 Å². The Balaban J connectivity index is 5.37. The molecule has 182 valence electrons. The smallest absolute Gasteiger partial charge is 0.322 e. The maximum absolute atomic E-state index is 12.8. The Kier molecular flexibility index (Phi) is 13.0. The van der Waals surface area contributed by atoms with Gasteiger partial charge in [-0.2, -0.15) is 0 Å². The standard InChI is InChI=1S/C18H34N8O6/c1-9(2)6-10(19)15(30)25-11(4-3-5-23-18(21)22)17(32)26-12(7-13(20)27)16(31)24-8-14(28)29/h9-12H,3-8,19H2,1-2H3,(H2,20,27)(H,24,31)(H,25,30)(H,26,32)(H,28,29)(H4,21,22,23). The molecule has 0 aromatic carbocycles. The summed E-state index contributed by atoms with van der Waals surface area (Å²) < 4.78 is 0. The first kappa shape index (κ1) is 28.6. The van der Waals surface area contributed by atoms with E-state index < -0.39 is 60.7 Å². The second-order valence-corrected chi connectivity index (χ2v) is 7.59. The van der Waals surface area contributed by atoms with Crippen LogP contribution in [0, 0.1) is 5.92 Å². The van der Waals surface area contributed by atoms with Crippen LogP contribution in [0.5, 0.6) is 0 Å². The van der Waals surface area contributed by atoms with Gasteiger partial charge >= 0.3 is 5.97 Å². The predicted octanol–water partition coefficient (Wildman–Crippen LogP) is -3.54. The molecule has 0 saturated heterocycles. The number of carbonyl (C=O) groups excluding carboxylic acids is 4. The number of nitrogens with two attached hydrogens (primary N) is 4. The Bertz CT molecular complexity index is 708. The normalized spacial score (nSPS) is 13.4. The van der Waals surface area contributed by atoms with E-state index in [-0.39, 0.29) is 24.8 Å². The Morgan fingerprint density at radius 2 is 1.53 bits per heavy atom. The molecular formula is C18H34N8O6. The Morgan fingerprint density at radius 1 is 0.938 bits per heavy atom. The highest BCUT2D eigenvalue weighted by atomic mass is 16.4. The molecule has 0 aromatic heterocycles. The van der Waals surface area contributed by atoms with E-state index in [1.165, 1.54) is 0 Å². The van der Waals surface area contributed by atoms with Gasteiger partial charge < -0.3 is 44.0 Å². The summed E-state index contributed by atoms with van der Waals surface area (Å²) in [5.74, 6) is -4.46. The third kappa shape index (κ3) is 13.0. The minimum atomic E-state index is -1.43. The largest absolute Gasteiger partial charge is 0.480 e. The summed E-state index contributed by atoms with van der Waals surface area (Å²) in [5.41, 5.74) is 21.5. The fourth-order valence-corrected chi connectivity index (χ4v) is 2.63. The zero-order valence-corrected chi connectivity index (χ0v) is 18.3. The van der Waals surface area contributed by atoms with Crippen molar-refractivity contribution < 1.29 is 29.1 Å². The van der Waals surface area contributed by atoms with Crippen LogP contribution in [0.1, 0.15) is 39.5 Å². The predicted molar refractivity (Wildman–Crippen MR) is 116 cm³/mol. The van der Waals surface area contributed by atoms with E-state index in [4.69, 9.17) is 28.0 Å². The number of guanidine groups is 1. The van der Waals surface area contributed by atoms with Gasteiger partial charge in [-0.25, -0.2) is 0 Å². The van der Waals surface area contributed by atoms with E-state index in [9.17, 15) is 24.0 Å². The molecule has 0 radical (unpaired) electrons. The van der Waals surface area contributed by atoms with Crippen LogP contribution in [0.25, 0.3) is 0 Å². The number of hydrogen-bond acceptors (Lipinski definition) is 7. The third-order valence-electron chi connectivity index (χ3n) is 4.09. The highest BCUT2D eigenvalue weighted by molar-refractivity contribution is 5.95. The van der Waals surface area contributed by atoms with Crippen molar-refractivity contribution in [2.75, 3.05) is 13.1 Å². The number of carboxylic acids is 1. The molecule has 32 heavy (non-hydrogen) atoms. The molecule has 0 rings (SSSR count). The molecule has 0 fully saturated rings. The molecule has 0 bridgehead atoms. The van der Waals surface area contributed by atoms with E-state index in [1.807, 2.05) is 13.8 Å². The van der Waals surface area contributed by atoms with Crippen LogP contribution in [0.3, 0.4) is 0 Å². The first-order valence-corrected chi connectivity index (χ1v) is 10.0. The minimum absolute atomic E-state index is 0.1000. The van der Waals surface area contributed by atoms with Crippen molar-refractivity contribution in [1.29, 1.82) is 0 Å². The first-order valence-electron chi connectivity index (χ1n) is 10.0. The molecule has 0 saturated carbocycles. The molecule has 3 unspecified atom stereocenters. The van der Waals surface area contributed by atoms with Crippen LogP contribution in [0.4, 0.5) is 0 Å². The highest BCUT2D eigenvalue weighted by Gasteiger charge is 2.29. The molecule has 4 amide bonds. The zero-order valence-electron chi connectivity index (χ0n) is 18.3. The number of primary amides is 1. The fourth-order valence-electron chi connectivity index (χ4n) is 2.63. The zero-order chi connectivity index (χ0) is 24.8. The Morgan fingerprint density at radius 3 is 2.03 bits per heavy atom. The summed E-state index contributed by atoms with van der Waals surface area (Å²) in [5, 5.41) is 15.6. The molecule has 12 N–H and O–H groups in total. The Hall–Kier alpha value is -3.42. The molecule has 0 aromatic rings. The van der Waals surface area contributed by atoms with E-state index in [2.05, 4.69) is 20.9 Å². The van der Waals surface area contributed by atoms with Crippen molar-refractivity contribution in [2.24, 2.45) is 33.8 Å². The van der Waals surface area contributed by atoms with Crippen LogP contribution < -0.4 is 38.9 Å². The molecule has 0 aliphatic heterocycles. The SMILES string of the molecule is CC(C)CC(N)C(=O)NC(CCCN=C(N)N)C(=O)NC(CC(N)=O)C(=O)NCC(=O)O. The number of nitrogens with one attached hydrogen (secondary N) is 3. The van der Waals surface area contributed by atoms with Gasteiger partial charge in [0.2, 0.25) is 23.6 Å². The second kappa shape index (κ2) is 14.6. The van der Waals surface area contributed by atoms with Crippen molar-refractivity contribution in [3.05, 3.63) is 0 Å². The molecular weight excluding hydrogens is 424 g/mol. The van der Waals surface area contributed by atoms with Gasteiger partial charge in [0.1, 0.15) is 18.6 Å². The molecule has 0 aliphatic rings. The van der Waals surface area contributed by atoms with E-state index in [0.717, 1.165) is 0 Å². The molecule has 14 heteroatoms. The number of carboxylic acid groups (broad SMARTS) is 1. The number of aliphatic carboxylic acids is 1. The molecule has 0 aliphatic carbocycles. The van der Waals surface area contributed by atoms with Crippen molar-refractivity contribution >= 4 is 35.6 Å². The van der Waals surface area contributed by atoms with Crippen LogP contribution in [-0.2, 0) is 24.0 Å². The number of hydrogen-bond donors (Lipinski definition) is 8. The van der Waals surface area contributed by atoms with Gasteiger partial charge in [-0.15, -0.1) is 0 Å². The second-order valence-electron chi connectivity index (χ2n) is 7.59. The molecule has 0 spiro atoms. The van der Waals surface area contributed by atoms with Gasteiger partial charge in [0.25, 0.3) is 0 Å². The van der Waals surface area contributed by atoms with Crippen LogP contribution in [0.2, 0.25) is 0 Å². The minimum Gasteiger partial charge on any atom is -0.480 e. The van der Waals surface area contributed by atoms with Gasteiger partial charge in [0.15, 0.2) is 5.96 Å². The summed E-state index contributed by atoms with van der Waals surface area (Å²) in [6, 6.07) is -3.40. The van der Waals surface area contributed by atoms with Crippen molar-refractivity contribution in [3.8, 4) is 0 Å². The number of carbonyl (C=O) groups is 5. The van der Waals surface area contributed by atoms with Crippen LogP contribution in [0.15, 0.2) is 4.99 Å². The van der Waals surface area contributed by atoms with Crippen molar-refractivity contribution in [2.45, 2.75) is 57.7 Å². The summed E-state index contributed by atoms with van der Waals surface area (Å²) in [4.78, 5) is 63.1. The van der Waals surface area contributed by atoms with E-state index in [0.29, 0.717) is 12.8 Å². The summed E-state index contributed by atoms with van der Waals surface area (Å²) in [6.07, 6.45) is 0.221. The fraction of sp³-hybridized carbons (Fsp3) is 0.667. The number of amides is 4. The number of nitrogens with zero attached hydrogens (tertiary/aromatic N) is 1. The van der Waals surface area contributed by atoms with Crippen molar-refractivity contribution in [3.63, 3.8) is 0 Å². The maximum Gasteiger partial charge on any atom is 0.322 e. The van der Waals surface area contributed by atoms with Gasteiger partial charge in [0.05, 0.1) is 12.5 Å². The van der Waals surface area contributed by atoms with E-state index >= 15 is 0 Å². The van der Waals surface area contributed by atoms with Crippen molar-refractivity contribution in [1.82, 2.24) is 16.0 Å². The molecule has 0 heterocycles. The monoisotopic (exact) mass is 458 g/mol. The topological polar surface area (TPSA) is 258 Å². The van der Waals surface area contributed by atoms with Gasteiger partial charge in [-0.1, -0.05) is 13.8 Å². The van der Waals surface area contributed by atoms with Gasteiger partial charge in [-0.3, -0.25) is 29.0 Å². The molecule has 3 atom stereocenters. The average molecular weight is 459 g/mol. The summed E-state index contributed by atoms with van der Waals surface area (Å²) >= 11 is 0. The lowest BCUT2D eigenvalue weighted by atomic mass is 10.0. The lowest BCUT2D eigenvalue weighted by molar-refractivity contribution is -0.138. The summed E-state index contributed by atoms with van der Waals surface area (Å²) in [6.45, 7) is 3.24. The number of rotatable bonds is 15. The quantitative estimate of drug-likeness (QED) is 0.0685. The third-order valence-corrected chi connectivity index (χ3v) is 4.09. The number of aliphatic imine (C=N–C) groups is 1. The summed E-state index contributed by atoms with van der Waals surface area (Å²) in [7, 11) is 0. The first-order chi connectivity index (χ1) is 14.8. The molecule has 14 nitrogen and oxygen atoms in total. The lowest BCUT2D eigenvalue weighted by Gasteiger charge is -2.24. The van der Waals surface area contributed by atoms with Crippen LogP contribution >= 0.6 is 0 Å². The highest BCUT2D eigenvalue weighted by Crippen LogP contribution is 2.06.